The van der Waals surface area contributed by atoms with Gasteiger partial charge < -0.3 is 34.6 Å². The van der Waals surface area contributed by atoms with Crippen LogP contribution >= 0.6 is 0 Å². The van der Waals surface area contributed by atoms with Crippen molar-refractivity contribution in [3.8, 4) is 23.0 Å². The molecule has 4 aromatic rings. The number of aromatic hydroxyl groups is 1. The minimum atomic E-state index is -1.19. The highest BCUT2D eigenvalue weighted by Gasteiger charge is 2.21. The predicted molar refractivity (Wildman–Crippen MR) is 167 cm³/mol. The first-order chi connectivity index (χ1) is 22.0. The Balaban J connectivity index is 0.000000259. The number of rotatable bonds is 11. The van der Waals surface area contributed by atoms with E-state index < -0.39 is 29.6 Å². The van der Waals surface area contributed by atoms with Gasteiger partial charge in [-0.05, 0) is 50.3 Å². The number of benzene rings is 4. The summed E-state index contributed by atoms with van der Waals surface area (Å²) in [5.74, 6) is -3.03. The van der Waals surface area contributed by atoms with Crippen LogP contribution in [0.15, 0.2) is 103 Å². The second-order valence-electron chi connectivity index (χ2n) is 9.64. The summed E-state index contributed by atoms with van der Waals surface area (Å²) in [4.78, 5) is 47.8. The Labute approximate surface area is 264 Å². The Hall–Kier alpha value is -5.94. The zero-order valence-electron chi connectivity index (χ0n) is 25.2. The number of carbonyl (C=O) groups excluding carboxylic acids is 3. The number of carboxylic acids is 1. The maximum atomic E-state index is 12.7. The summed E-state index contributed by atoms with van der Waals surface area (Å²) in [6.45, 7) is 3.01. The molecule has 4 rings (SSSR count). The number of phenols is 1. The summed E-state index contributed by atoms with van der Waals surface area (Å²) in [5.41, 5.74) is 0.699. The molecule has 0 spiro atoms. The van der Waals surface area contributed by atoms with Gasteiger partial charge in [0.05, 0.1) is 29.9 Å². The third kappa shape index (κ3) is 9.04. The Bertz CT molecular complexity index is 1740. The third-order valence-electron chi connectivity index (χ3n) is 6.26. The number of allylic oxidation sites excluding steroid dienone is 1. The number of carbonyl (C=O) groups is 4. The molecular formula is C35H32O11. The zero-order chi connectivity index (χ0) is 33.8. The Kier molecular flexibility index (Phi) is 12.2. The molecule has 0 bridgehead atoms. The summed E-state index contributed by atoms with van der Waals surface area (Å²) in [6.07, 6.45) is 0.466. The van der Waals surface area contributed by atoms with Crippen LogP contribution in [0.5, 0.6) is 23.0 Å². The van der Waals surface area contributed by atoms with Crippen LogP contribution in [-0.4, -0.2) is 63.8 Å². The number of hydrogen-bond donors (Lipinski definition) is 4. The molecule has 4 aromatic carbocycles. The molecule has 0 fully saturated rings. The number of ketones is 2. The molecule has 1 unspecified atom stereocenters. The molecule has 4 N–H and O–H groups in total. The number of carboxylic acid groups (broad SMARTS) is 1. The summed E-state index contributed by atoms with van der Waals surface area (Å²) in [6, 6.07) is 23.0. The molecule has 0 aliphatic carbocycles. The molecule has 0 heterocycles. The van der Waals surface area contributed by atoms with Gasteiger partial charge in [0.2, 0.25) is 0 Å². The highest BCUT2D eigenvalue weighted by molar-refractivity contribution is 6.15. The Morgan fingerprint density at radius 3 is 1.96 bits per heavy atom. The second-order valence-corrected chi connectivity index (χ2v) is 9.64. The van der Waals surface area contributed by atoms with Crippen molar-refractivity contribution in [2.75, 3.05) is 13.7 Å². The van der Waals surface area contributed by atoms with E-state index in [9.17, 15) is 34.5 Å². The summed E-state index contributed by atoms with van der Waals surface area (Å²) in [5, 5.41) is 37.8. The summed E-state index contributed by atoms with van der Waals surface area (Å²) < 4.78 is 15.5. The smallest absolute Gasteiger partial charge is 0.378 e. The third-order valence-corrected chi connectivity index (χ3v) is 6.26. The lowest BCUT2D eigenvalue weighted by atomic mass is 9.97. The van der Waals surface area contributed by atoms with E-state index in [2.05, 4.69) is 0 Å². The van der Waals surface area contributed by atoms with E-state index >= 15 is 0 Å². The predicted octanol–water partition coefficient (Wildman–Crippen LogP) is 5.37. The minimum Gasteiger partial charge on any atom is -0.507 e. The van der Waals surface area contributed by atoms with Gasteiger partial charge in [-0.2, -0.15) is 0 Å². The van der Waals surface area contributed by atoms with Crippen LogP contribution in [0.25, 0.3) is 0 Å². The standard InChI is InChI=1S/C20H20O6.C15H12O5/c1-3-17(22)20(24)26-15-9-10-16(18(11-15)25-12-13(2)21)19(23)14-7-5-4-6-8-14;1-20-9-6-7-12(13(16)8-9)14(17)10-4-2-3-5-11(10)15(18)19/h3-11,13,21-22H,12H2,1-2H3;2-8,16H,1H3,(H,18,19). The average Bonchev–Trinajstić information content (AvgIpc) is 3.06. The van der Waals surface area contributed by atoms with Gasteiger partial charge in [0.25, 0.3) is 0 Å². The van der Waals surface area contributed by atoms with Gasteiger partial charge >= 0.3 is 11.9 Å². The van der Waals surface area contributed by atoms with Gasteiger partial charge in [-0.1, -0.05) is 48.5 Å². The average molecular weight is 629 g/mol. The molecule has 11 nitrogen and oxygen atoms in total. The van der Waals surface area contributed by atoms with Crippen molar-refractivity contribution < 1.29 is 53.8 Å². The number of phenolic OH excluding ortho intramolecular Hbond substituents is 1. The van der Waals surface area contributed by atoms with E-state index in [1.54, 1.807) is 43.3 Å². The van der Waals surface area contributed by atoms with Gasteiger partial charge in [0.1, 0.15) is 29.6 Å². The molecular weight excluding hydrogens is 596 g/mol. The first kappa shape index (κ1) is 34.5. The highest BCUT2D eigenvalue weighted by atomic mass is 16.5. The minimum absolute atomic E-state index is 0.0273. The van der Waals surface area contributed by atoms with Crippen LogP contribution in [0, 0.1) is 0 Å². The normalized spacial score (nSPS) is 11.3. The van der Waals surface area contributed by atoms with Crippen LogP contribution in [0.1, 0.15) is 56.0 Å². The van der Waals surface area contributed by atoms with Gasteiger partial charge in [-0.15, -0.1) is 0 Å². The van der Waals surface area contributed by atoms with Crippen LogP contribution < -0.4 is 14.2 Å². The first-order valence-corrected chi connectivity index (χ1v) is 13.8. The quantitative estimate of drug-likeness (QED) is 0.0552. The number of esters is 1. The molecule has 0 saturated heterocycles. The van der Waals surface area contributed by atoms with Crippen LogP contribution in [0.3, 0.4) is 0 Å². The number of hydrogen-bond acceptors (Lipinski definition) is 10. The lowest BCUT2D eigenvalue weighted by Crippen LogP contribution is -2.15. The Morgan fingerprint density at radius 1 is 0.761 bits per heavy atom. The lowest BCUT2D eigenvalue weighted by molar-refractivity contribution is -0.133. The number of ether oxygens (including phenoxy) is 3. The first-order valence-electron chi connectivity index (χ1n) is 13.8. The molecule has 0 radical (unpaired) electrons. The summed E-state index contributed by atoms with van der Waals surface area (Å²) >= 11 is 0. The molecule has 0 saturated carbocycles. The molecule has 0 amide bonds. The van der Waals surface area contributed by atoms with Crippen molar-refractivity contribution in [1.29, 1.82) is 0 Å². The largest absolute Gasteiger partial charge is 0.507 e. The summed E-state index contributed by atoms with van der Waals surface area (Å²) in [7, 11) is 1.44. The fourth-order valence-corrected chi connectivity index (χ4v) is 3.95. The van der Waals surface area contributed by atoms with Crippen LogP contribution in [-0.2, 0) is 4.79 Å². The molecule has 238 valence electrons. The van der Waals surface area contributed by atoms with Crippen molar-refractivity contribution in [3.05, 3.63) is 131 Å². The molecule has 0 aliphatic rings. The fraction of sp³-hybridized carbons (Fsp3) is 0.143. The van der Waals surface area contributed by atoms with Crippen molar-refractivity contribution in [2.45, 2.75) is 20.0 Å². The second kappa shape index (κ2) is 16.2. The zero-order valence-corrected chi connectivity index (χ0v) is 25.2. The molecule has 11 heteroatoms. The van der Waals surface area contributed by atoms with Gasteiger partial charge in [0, 0.05) is 23.3 Å². The molecule has 0 aromatic heterocycles. The van der Waals surface area contributed by atoms with Crippen molar-refractivity contribution >= 4 is 23.5 Å². The van der Waals surface area contributed by atoms with Crippen molar-refractivity contribution in [3.63, 3.8) is 0 Å². The van der Waals surface area contributed by atoms with Gasteiger partial charge in [0.15, 0.2) is 17.3 Å². The number of methoxy groups -OCH3 is 1. The lowest BCUT2D eigenvalue weighted by Gasteiger charge is -2.14. The molecule has 0 aliphatic heterocycles. The van der Waals surface area contributed by atoms with Gasteiger partial charge in [-0.25, -0.2) is 9.59 Å². The van der Waals surface area contributed by atoms with Crippen molar-refractivity contribution in [2.24, 2.45) is 0 Å². The number of aromatic carboxylic acids is 1. The maximum absolute atomic E-state index is 12.7. The van der Waals surface area contributed by atoms with Crippen LogP contribution in [0.2, 0.25) is 0 Å². The number of aliphatic hydroxyl groups is 2. The van der Waals surface area contributed by atoms with E-state index in [-0.39, 0.29) is 51.9 Å². The molecule has 46 heavy (non-hydrogen) atoms. The van der Waals surface area contributed by atoms with Gasteiger partial charge in [-0.3, -0.25) is 9.59 Å². The topological polar surface area (TPSA) is 177 Å². The highest BCUT2D eigenvalue weighted by Crippen LogP contribution is 2.29. The monoisotopic (exact) mass is 628 g/mol. The van der Waals surface area contributed by atoms with E-state index in [0.717, 1.165) is 0 Å². The van der Waals surface area contributed by atoms with Crippen LogP contribution in [0.4, 0.5) is 0 Å². The number of aliphatic hydroxyl groups excluding tert-OH is 2. The fourth-order valence-electron chi connectivity index (χ4n) is 3.95. The van der Waals surface area contributed by atoms with E-state index in [1.807, 2.05) is 0 Å². The SMILES string of the molecule is CC=C(O)C(=O)Oc1ccc(C(=O)c2ccccc2)c(OCC(C)O)c1.COc1ccc(C(=O)c2ccccc2C(=O)O)c(O)c1. The van der Waals surface area contributed by atoms with Crippen molar-refractivity contribution in [1.82, 2.24) is 0 Å². The van der Waals surface area contributed by atoms with E-state index in [1.165, 1.54) is 74.7 Å². The van der Waals surface area contributed by atoms with E-state index in [4.69, 9.17) is 19.3 Å². The Morgan fingerprint density at radius 2 is 1.37 bits per heavy atom. The van der Waals surface area contributed by atoms with E-state index in [0.29, 0.717) is 11.3 Å². The molecule has 1 atom stereocenters. The maximum Gasteiger partial charge on any atom is 0.378 e.